The third-order valence-corrected chi connectivity index (χ3v) is 4.22. The average Bonchev–Trinajstić information content (AvgIpc) is 2.65. The van der Waals surface area contributed by atoms with Gasteiger partial charge in [0.25, 0.3) is 5.56 Å². The van der Waals surface area contributed by atoms with Crippen molar-refractivity contribution in [3.8, 4) is 0 Å². The number of anilines is 1. The van der Waals surface area contributed by atoms with Crippen molar-refractivity contribution in [2.45, 2.75) is 6.42 Å². The van der Waals surface area contributed by atoms with Crippen molar-refractivity contribution in [3.63, 3.8) is 0 Å². The first-order chi connectivity index (χ1) is 12.9. The Morgan fingerprint density at radius 2 is 1.85 bits per heavy atom. The number of fused-ring (bicyclic) bond motifs is 1. The fraction of sp³-hybridized carbons (Fsp3) is 0.158. The third kappa shape index (κ3) is 3.79. The van der Waals surface area contributed by atoms with Crippen LogP contribution in [-0.4, -0.2) is 29.5 Å². The summed E-state index contributed by atoms with van der Waals surface area (Å²) in [6.45, 7) is 0.209. The Balaban J connectivity index is 1.76. The molecule has 0 fully saturated rings. The molecule has 0 unspecified atom stereocenters. The Kier molecular flexibility index (Phi) is 5.16. The van der Waals surface area contributed by atoms with Crippen LogP contribution in [0.1, 0.15) is 5.56 Å². The number of carbonyl (C=O) groups excluding carboxylic acids is 1. The molecule has 2 amide bonds. The maximum absolute atomic E-state index is 13.9. The van der Waals surface area contributed by atoms with Crippen LogP contribution in [0.4, 0.5) is 23.7 Å². The van der Waals surface area contributed by atoms with Crippen molar-refractivity contribution in [3.05, 3.63) is 76.0 Å². The van der Waals surface area contributed by atoms with Crippen molar-refractivity contribution < 1.29 is 18.0 Å². The largest absolute Gasteiger partial charge is 0.328 e. The number of hydrogen-bond donors (Lipinski definition) is 2. The van der Waals surface area contributed by atoms with Crippen molar-refractivity contribution in [2.24, 2.45) is 0 Å². The smallest absolute Gasteiger partial charge is 0.321 e. The number of para-hydroxylation sites is 1. The van der Waals surface area contributed by atoms with E-state index in [-0.39, 0.29) is 29.4 Å². The van der Waals surface area contributed by atoms with E-state index in [4.69, 9.17) is 0 Å². The Bertz CT molecular complexity index is 1070. The first kappa shape index (κ1) is 18.5. The van der Waals surface area contributed by atoms with Crippen molar-refractivity contribution >= 4 is 22.5 Å². The zero-order valence-corrected chi connectivity index (χ0v) is 14.4. The van der Waals surface area contributed by atoms with Crippen LogP contribution < -0.4 is 10.9 Å². The van der Waals surface area contributed by atoms with Gasteiger partial charge in [-0.05, 0) is 35.6 Å². The number of nitrogens with one attached hydrogen (secondary N) is 2. The monoisotopic (exact) mass is 375 g/mol. The topological polar surface area (TPSA) is 65.2 Å². The average molecular weight is 375 g/mol. The molecule has 5 nitrogen and oxygen atoms in total. The van der Waals surface area contributed by atoms with Crippen LogP contribution in [0.5, 0.6) is 0 Å². The highest BCUT2D eigenvalue weighted by Crippen LogP contribution is 2.20. The van der Waals surface area contributed by atoms with E-state index >= 15 is 0 Å². The van der Waals surface area contributed by atoms with Gasteiger partial charge in [0.2, 0.25) is 0 Å². The maximum atomic E-state index is 13.9. The summed E-state index contributed by atoms with van der Waals surface area (Å²) in [5.41, 5.74) is -0.119. The number of hydrogen-bond acceptors (Lipinski definition) is 2. The molecular formula is C19H16F3N3O2. The molecule has 2 N–H and O–H groups in total. The molecule has 0 bridgehead atoms. The molecule has 0 radical (unpaired) electrons. The summed E-state index contributed by atoms with van der Waals surface area (Å²) in [4.78, 5) is 27.7. The highest BCUT2D eigenvalue weighted by molar-refractivity contribution is 5.89. The van der Waals surface area contributed by atoms with E-state index in [1.54, 1.807) is 6.07 Å². The summed E-state index contributed by atoms with van der Waals surface area (Å²) in [7, 11) is 1.52. The second kappa shape index (κ2) is 7.53. The van der Waals surface area contributed by atoms with E-state index in [0.717, 1.165) is 6.07 Å². The Hall–Kier alpha value is -3.29. The predicted molar refractivity (Wildman–Crippen MR) is 96.2 cm³/mol. The van der Waals surface area contributed by atoms with Gasteiger partial charge in [0, 0.05) is 19.8 Å². The molecule has 0 aliphatic rings. The Morgan fingerprint density at radius 1 is 1.11 bits per heavy atom. The van der Waals surface area contributed by atoms with Gasteiger partial charge >= 0.3 is 6.03 Å². The van der Waals surface area contributed by atoms with Gasteiger partial charge in [-0.1, -0.05) is 18.2 Å². The third-order valence-electron chi connectivity index (χ3n) is 4.22. The number of amides is 2. The SMILES string of the molecule is CN(CCc1c[nH]c(=O)c2c(F)c(F)ccc12)C(=O)Nc1ccccc1F. The molecule has 0 saturated heterocycles. The summed E-state index contributed by atoms with van der Waals surface area (Å²) < 4.78 is 41.0. The number of urea groups is 1. The molecule has 1 aromatic heterocycles. The van der Waals surface area contributed by atoms with Gasteiger partial charge in [-0.3, -0.25) is 4.79 Å². The van der Waals surface area contributed by atoms with Crippen molar-refractivity contribution in [2.75, 3.05) is 18.9 Å². The van der Waals surface area contributed by atoms with E-state index in [1.807, 2.05) is 0 Å². The van der Waals surface area contributed by atoms with Crippen LogP contribution >= 0.6 is 0 Å². The van der Waals surface area contributed by atoms with E-state index in [0.29, 0.717) is 5.56 Å². The first-order valence-corrected chi connectivity index (χ1v) is 8.13. The lowest BCUT2D eigenvalue weighted by molar-refractivity contribution is 0.223. The number of aromatic nitrogens is 1. The molecule has 1 heterocycles. The van der Waals surface area contributed by atoms with Gasteiger partial charge in [-0.25, -0.2) is 18.0 Å². The lowest BCUT2D eigenvalue weighted by atomic mass is 10.0. The zero-order valence-electron chi connectivity index (χ0n) is 14.4. The number of aromatic amines is 1. The first-order valence-electron chi connectivity index (χ1n) is 8.13. The van der Waals surface area contributed by atoms with Gasteiger partial charge in [-0.2, -0.15) is 0 Å². The van der Waals surface area contributed by atoms with Crippen LogP contribution in [-0.2, 0) is 6.42 Å². The van der Waals surface area contributed by atoms with Gasteiger partial charge < -0.3 is 15.2 Å². The minimum atomic E-state index is -1.21. The fourth-order valence-electron chi connectivity index (χ4n) is 2.71. The highest BCUT2D eigenvalue weighted by Gasteiger charge is 2.15. The van der Waals surface area contributed by atoms with Crippen LogP contribution in [0.15, 0.2) is 47.4 Å². The normalized spacial score (nSPS) is 10.8. The van der Waals surface area contributed by atoms with E-state index < -0.39 is 29.0 Å². The molecule has 3 rings (SSSR count). The highest BCUT2D eigenvalue weighted by atomic mass is 19.2. The van der Waals surface area contributed by atoms with Crippen LogP contribution in [0.2, 0.25) is 0 Å². The Morgan fingerprint density at radius 3 is 2.59 bits per heavy atom. The lowest BCUT2D eigenvalue weighted by Crippen LogP contribution is -2.33. The molecule has 0 aliphatic heterocycles. The lowest BCUT2D eigenvalue weighted by Gasteiger charge is -2.18. The van der Waals surface area contributed by atoms with Crippen LogP contribution in [0.3, 0.4) is 0 Å². The van der Waals surface area contributed by atoms with Gasteiger partial charge in [0.15, 0.2) is 11.6 Å². The molecule has 27 heavy (non-hydrogen) atoms. The van der Waals surface area contributed by atoms with Gasteiger partial charge in [0.1, 0.15) is 5.82 Å². The number of halogens is 3. The standard InChI is InChI=1S/C19H16F3N3O2/c1-25(19(27)24-15-5-3-2-4-13(15)20)9-8-11-10-23-18(26)16-12(11)6-7-14(21)17(16)22/h2-7,10H,8-9H2,1H3,(H,23,26)(H,24,27). The second-order valence-electron chi connectivity index (χ2n) is 6.01. The maximum Gasteiger partial charge on any atom is 0.321 e. The molecule has 8 heteroatoms. The minimum Gasteiger partial charge on any atom is -0.328 e. The summed E-state index contributed by atoms with van der Waals surface area (Å²) in [6, 6.07) is 7.54. The fourth-order valence-corrected chi connectivity index (χ4v) is 2.71. The summed E-state index contributed by atoms with van der Waals surface area (Å²) in [5.74, 6) is -2.86. The quantitative estimate of drug-likeness (QED) is 0.731. The molecular weight excluding hydrogens is 359 g/mol. The van der Waals surface area contributed by atoms with Gasteiger partial charge in [-0.15, -0.1) is 0 Å². The number of pyridine rings is 1. The van der Waals surface area contributed by atoms with Crippen LogP contribution in [0.25, 0.3) is 10.8 Å². The molecule has 3 aromatic rings. The van der Waals surface area contributed by atoms with Crippen molar-refractivity contribution in [1.29, 1.82) is 0 Å². The van der Waals surface area contributed by atoms with Gasteiger partial charge in [0.05, 0.1) is 11.1 Å². The second-order valence-corrected chi connectivity index (χ2v) is 6.01. The molecule has 0 atom stereocenters. The van der Waals surface area contributed by atoms with E-state index in [1.165, 1.54) is 42.4 Å². The molecule has 0 aliphatic carbocycles. The van der Waals surface area contributed by atoms with Crippen LogP contribution in [0, 0.1) is 17.5 Å². The number of benzene rings is 2. The van der Waals surface area contributed by atoms with Crippen molar-refractivity contribution in [1.82, 2.24) is 9.88 Å². The summed E-state index contributed by atoms with van der Waals surface area (Å²) in [6.07, 6.45) is 1.68. The number of rotatable bonds is 4. The van der Waals surface area contributed by atoms with E-state index in [9.17, 15) is 22.8 Å². The Labute approximate surface area is 152 Å². The predicted octanol–water partition coefficient (Wildman–Crippen LogP) is 3.65. The molecule has 140 valence electrons. The number of H-pyrrole nitrogens is 1. The van der Waals surface area contributed by atoms with E-state index in [2.05, 4.69) is 10.3 Å². The summed E-state index contributed by atoms with van der Waals surface area (Å²) >= 11 is 0. The molecule has 0 saturated carbocycles. The minimum absolute atomic E-state index is 0.0568. The summed E-state index contributed by atoms with van der Waals surface area (Å²) in [5, 5.41) is 2.38. The number of nitrogens with zero attached hydrogens (tertiary/aromatic N) is 1. The number of likely N-dealkylation sites (N-methyl/N-ethyl adjacent to an activating group) is 1. The molecule has 2 aromatic carbocycles. The molecule has 0 spiro atoms. The number of carbonyl (C=O) groups is 1. The zero-order chi connectivity index (χ0) is 19.6.